The number of hydrogen-bond donors (Lipinski definition) is 0. The Morgan fingerprint density at radius 1 is 1.10 bits per heavy atom. The minimum atomic E-state index is -3.59. The SMILES string of the molecule is CCN(c1ccccc1C)S(=O)(=O)c1ccc(C)cc1Br. The summed E-state index contributed by atoms with van der Waals surface area (Å²) in [5, 5.41) is 0. The van der Waals surface area contributed by atoms with Crippen molar-refractivity contribution in [1.29, 1.82) is 0 Å². The van der Waals surface area contributed by atoms with Crippen LogP contribution < -0.4 is 4.31 Å². The molecule has 0 aliphatic heterocycles. The molecule has 2 rings (SSSR count). The van der Waals surface area contributed by atoms with Crippen molar-refractivity contribution < 1.29 is 8.42 Å². The van der Waals surface area contributed by atoms with Gasteiger partial charge in [0.25, 0.3) is 10.0 Å². The summed E-state index contributed by atoms with van der Waals surface area (Å²) in [6.07, 6.45) is 0. The molecule has 0 saturated heterocycles. The fourth-order valence-electron chi connectivity index (χ4n) is 2.25. The molecule has 5 heteroatoms. The van der Waals surface area contributed by atoms with E-state index in [9.17, 15) is 8.42 Å². The highest BCUT2D eigenvalue weighted by molar-refractivity contribution is 9.10. The van der Waals surface area contributed by atoms with Crippen LogP contribution in [0.1, 0.15) is 18.1 Å². The molecule has 0 fully saturated rings. The third-order valence-corrected chi connectivity index (χ3v) is 6.19. The predicted octanol–water partition coefficient (Wildman–Crippen LogP) is 4.28. The monoisotopic (exact) mass is 367 g/mol. The zero-order chi connectivity index (χ0) is 15.6. The van der Waals surface area contributed by atoms with Crippen LogP contribution in [-0.4, -0.2) is 15.0 Å². The molecule has 0 atom stereocenters. The van der Waals surface area contributed by atoms with E-state index in [0.717, 1.165) is 11.1 Å². The molecule has 112 valence electrons. The zero-order valence-corrected chi connectivity index (χ0v) is 14.7. The second kappa shape index (κ2) is 6.20. The van der Waals surface area contributed by atoms with Crippen molar-refractivity contribution in [2.24, 2.45) is 0 Å². The van der Waals surface area contributed by atoms with E-state index in [1.807, 2.05) is 57.2 Å². The minimum absolute atomic E-state index is 0.290. The van der Waals surface area contributed by atoms with Gasteiger partial charge in [0.2, 0.25) is 0 Å². The number of rotatable bonds is 4. The number of aryl methyl sites for hydroxylation is 2. The molecule has 0 aliphatic rings. The van der Waals surface area contributed by atoms with Crippen LogP contribution in [0.25, 0.3) is 0 Å². The highest BCUT2D eigenvalue weighted by Crippen LogP contribution is 2.30. The van der Waals surface area contributed by atoms with Gasteiger partial charge in [-0.05, 0) is 66.0 Å². The molecule has 0 spiro atoms. The van der Waals surface area contributed by atoms with Crippen LogP contribution in [0.4, 0.5) is 5.69 Å². The van der Waals surface area contributed by atoms with Crippen molar-refractivity contribution in [2.45, 2.75) is 25.7 Å². The van der Waals surface area contributed by atoms with Gasteiger partial charge in [-0.25, -0.2) is 8.42 Å². The van der Waals surface area contributed by atoms with E-state index in [1.165, 1.54) is 4.31 Å². The van der Waals surface area contributed by atoms with Gasteiger partial charge < -0.3 is 0 Å². The van der Waals surface area contributed by atoms with Gasteiger partial charge in [0, 0.05) is 11.0 Å². The highest BCUT2D eigenvalue weighted by Gasteiger charge is 2.26. The van der Waals surface area contributed by atoms with Gasteiger partial charge in [0.05, 0.1) is 5.69 Å². The van der Waals surface area contributed by atoms with Crippen molar-refractivity contribution in [3.05, 3.63) is 58.1 Å². The van der Waals surface area contributed by atoms with Crippen LogP contribution >= 0.6 is 15.9 Å². The Labute approximate surface area is 134 Å². The summed E-state index contributed by atoms with van der Waals surface area (Å²) in [7, 11) is -3.59. The lowest BCUT2D eigenvalue weighted by molar-refractivity contribution is 0.591. The quantitative estimate of drug-likeness (QED) is 0.808. The van der Waals surface area contributed by atoms with Crippen LogP contribution in [0.3, 0.4) is 0 Å². The molecule has 0 amide bonds. The van der Waals surface area contributed by atoms with Gasteiger partial charge in [-0.1, -0.05) is 24.3 Å². The van der Waals surface area contributed by atoms with Crippen molar-refractivity contribution in [3.8, 4) is 0 Å². The van der Waals surface area contributed by atoms with Gasteiger partial charge in [0.1, 0.15) is 4.90 Å². The van der Waals surface area contributed by atoms with Gasteiger partial charge in [-0.3, -0.25) is 4.31 Å². The van der Waals surface area contributed by atoms with E-state index < -0.39 is 10.0 Å². The number of nitrogens with zero attached hydrogens (tertiary/aromatic N) is 1. The Morgan fingerprint density at radius 2 is 1.76 bits per heavy atom. The summed E-state index contributed by atoms with van der Waals surface area (Å²) in [4.78, 5) is 0.290. The topological polar surface area (TPSA) is 37.4 Å². The first-order valence-electron chi connectivity index (χ1n) is 6.72. The first kappa shape index (κ1) is 16.0. The summed E-state index contributed by atoms with van der Waals surface area (Å²) in [6.45, 7) is 6.07. The van der Waals surface area contributed by atoms with E-state index in [-0.39, 0.29) is 0 Å². The maximum atomic E-state index is 12.9. The lowest BCUT2D eigenvalue weighted by atomic mass is 10.2. The third kappa shape index (κ3) is 3.14. The number of benzene rings is 2. The third-order valence-electron chi connectivity index (χ3n) is 3.33. The lowest BCUT2D eigenvalue weighted by Crippen LogP contribution is -2.31. The molecular formula is C16H18BrNO2S. The van der Waals surface area contributed by atoms with Crippen molar-refractivity contribution in [2.75, 3.05) is 10.8 Å². The molecule has 0 N–H and O–H groups in total. The molecule has 3 nitrogen and oxygen atoms in total. The molecule has 2 aromatic carbocycles. The van der Waals surface area contributed by atoms with Crippen LogP contribution in [0, 0.1) is 13.8 Å². The summed E-state index contributed by atoms with van der Waals surface area (Å²) >= 11 is 3.37. The van der Waals surface area contributed by atoms with Crippen LogP contribution in [0.2, 0.25) is 0 Å². The maximum Gasteiger partial charge on any atom is 0.265 e. The standard InChI is InChI=1S/C16H18BrNO2S/c1-4-18(15-8-6-5-7-13(15)3)21(19,20)16-10-9-12(2)11-14(16)17/h5-11H,4H2,1-3H3. The van der Waals surface area contributed by atoms with E-state index in [2.05, 4.69) is 15.9 Å². The number of hydrogen-bond acceptors (Lipinski definition) is 2. The Morgan fingerprint density at radius 3 is 2.33 bits per heavy atom. The highest BCUT2D eigenvalue weighted by atomic mass is 79.9. The molecule has 0 bridgehead atoms. The van der Waals surface area contributed by atoms with Gasteiger partial charge in [0.15, 0.2) is 0 Å². The summed E-state index contributed by atoms with van der Waals surface area (Å²) in [6, 6.07) is 12.8. The average Bonchev–Trinajstić information content (AvgIpc) is 2.41. The maximum absolute atomic E-state index is 12.9. The Balaban J connectivity index is 2.58. The fraction of sp³-hybridized carbons (Fsp3) is 0.250. The minimum Gasteiger partial charge on any atom is -0.266 e. The largest absolute Gasteiger partial charge is 0.266 e. The van der Waals surface area contributed by atoms with Crippen molar-refractivity contribution in [1.82, 2.24) is 0 Å². The molecule has 0 unspecified atom stereocenters. The average molecular weight is 368 g/mol. The molecule has 0 aliphatic carbocycles. The molecular weight excluding hydrogens is 350 g/mol. The number of para-hydroxylation sites is 1. The van der Waals surface area contributed by atoms with Crippen LogP contribution in [0.15, 0.2) is 51.8 Å². The zero-order valence-electron chi connectivity index (χ0n) is 12.3. The smallest absolute Gasteiger partial charge is 0.265 e. The van der Waals surface area contributed by atoms with Gasteiger partial charge >= 0.3 is 0 Å². The molecule has 0 aromatic heterocycles. The van der Waals surface area contributed by atoms with Crippen molar-refractivity contribution in [3.63, 3.8) is 0 Å². The molecule has 0 heterocycles. The van der Waals surface area contributed by atoms with E-state index in [1.54, 1.807) is 6.07 Å². The number of sulfonamides is 1. The second-order valence-electron chi connectivity index (χ2n) is 4.89. The molecule has 0 saturated carbocycles. The number of halogens is 1. The predicted molar refractivity (Wildman–Crippen MR) is 90.3 cm³/mol. The first-order valence-corrected chi connectivity index (χ1v) is 8.95. The van der Waals surface area contributed by atoms with Crippen molar-refractivity contribution >= 4 is 31.6 Å². The van der Waals surface area contributed by atoms with E-state index in [4.69, 9.17) is 0 Å². The van der Waals surface area contributed by atoms with E-state index in [0.29, 0.717) is 21.6 Å². The number of anilines is 1. The second-order valence-corrected chi connectivity index (χ2v) is 7.58. The van der Waals surface area contributed by atoms with Gasteiger partial charge in [-0.2, -0.15) is 0 Å². The summed E-state index contributed by atoms with van der Waals surface area (Å²) < 4.78 is 27.9. The molecule has 21 heavy (non-hydrogen) atoms. The molecule has 0 radical (unpaired) electrons. The lowest BCUT2D eigenvalue weighted by Gasteiger charge is -2.25. The fourth-order valence-corrected chi connectivity index (χ4v) is 4.94. The first-order chi connectivity index (χ1) is 9.87. The molecule has 2 aromatic rings. The Kier molecular flexibility index (Phi) is 4.74. The van der Waals surface area contributed by atoms with Crippen LogP contribution in [0.5, 0.6) is 0 Å². The Bertz CT molecular complexity index is 757. The van der Waals surface area contributed by atoms with E-state index >= 15 is 0 Å². The summed E-state index contributed by atoms with van der Waals surface area (Å²) in [5.41, 5.74) is 2.67. The summed E-state index contributed by atoms with van der Waals surface area (Å²) in [5.74, 6) is 0. The normalized spacial score (nSPS) is 11.4. The Hall–Kier alpha value is -1.33. The van der Waals surface area contributed by atoms with Crippen LogP contribution in [-0.2, 0) is 10.0 Å². The van der Waals surface area contributed by atoms with Gasteiger partial charge in [-0.15, -0.1) is 0 Å².